The summed E-state index contributed by atoms with van der Waals surface area (Å²) in [5, 5.41) is 0. The molecule has 0 spiro atoms. The molecule has 0 aromatic carbocycles. The van der Waals surface area contributed by atoms with Gasteiger partial charge in [0.05, 0.1) is 0 Å². The molecule has 0 fully saturated rings. The lowest BCUT2D eigenvalue weighted by atomic mass is 10.2. The third-order valence-electron chi connectivity index (χ3n) is 1.22. The molecule has 14 heavy (non-hydrogen) atoms. The molecule has 0 aliphatic rings. The van der Waals surface area contributed by atoms with Crippen molar-refractivity contribution in [1.29, 1.82) is 0 Å². The van der Waals surface area contributed by atoms with Crippen LogP contribution >= 0.6 is 0 Å². The Labute approximate surface area is 90.0 Å². The number of allylic oxidation sites excluding steroid dienone is 3. The van der Waals surface area contributed by atoms with Crippen molar-refractivity contribution in [2.75, 3.05) is 0 Å². The summed E-state index contributed by atoms with van der Waals surface area (Å²) in [6.45, 7) is 19.0. The van der Waals surface area contributed by atoms with Gasteiger partial charge in [-0.3, -0.25) is 4.99 Å². The molecule has 0 aromatic heterocycles. The zero-order valence-electron chi connectivity index (χ0n) is 10.6. The average molecular weight is 195 g/mol. The summed E-state index contributed by atoms with van der Waals surface area (Å²) in [4.78, 5) is 4.01. The highest BCUT2D eigenvalue weighted by Gasteiger charge is 1.88. The Morgan fingerprint density at radius 1 is 1.00 bits per heavy atom. The van der Waals surface area contributed by atoms with Crippen LogP contribution in [0, 0.1) is 0 Å². The minimum atomic E-state index is 0.981. The summed E-state index contributed by atoms with van der Waals surface area (Å²) in [5.41, 5.74) is 2.10. The fourth-order valence-electron chi connectivity index (χ4n) is 0.536. The predicted molar refractivity (Wildman–Crippen MR) is 70.0 cm³/mol. The molecule has 0 unspecified atom stereocenters. The van der Waals surface area contributed by atoms with Crippen LogP contribution in [0.3, 0.4) is 0 Å². The Hall–Kier alpha value is -1.11. The van der Waals surface area contributed by atoms with Crippen molar-refractivity contribution >= 4 is 5.71 Å². The van der Waals surface area contributed by atoms with Crippen LogP contribution in [0.5, 0.6) is 0 Å². The predicted octanol–water partition coefficient (Wildman–Crippen LogP) is 4.78. The Bertz CT molecular complexity index is 163. The maximum atomic E-state index is 4.01. The summed E-state index contributed by atoms with van der Waals surface area (Å²) in [5.74, 6) is 0. The van der Waals surface area contributed by atoms with E-state index in [1.165, 1.54) is 6.20 Å². The van der Waals surface area contributed by atoms with Crippen molar-refractivity contribution < 1.29 is 0 Å². The van der Waals surface area contributed by atoms with Crippen molar-refractivity contribution in [1.82, 2.24) is 0 Å². The Balaban J connectivity index is -0.000000266. The molecule has 0 rings (SSSR count). The van der Waals surface area contributed by atoms with Gasteiger partial charge in [-0.25, -0.2) is 0 Å². The molecule has 0 heterocycles. The largest absolute Gasteiger partial charge is 0.262 e. The maximum absolute atomic E-state index is 4.01. The molecule has 0 N–H and O–H groups in total. The summed E-state index contributed by atoms with van der Waals surface area (Å²) in [6.07, 6.45) is 5.20. The molecule has 1 nitrogen and oxygen atoms in total. The summed E-state index contributed by atoms with van der Waals surface area (Å²) in [6, 6.07) is 0. The van der Waals surface area contributed by atoms with Gasteiger partial charge in [-0.1, -0.05) is 53.0 Å². The van der Waals surface area contributed by atoms with E-state index >= 15 is 0 Å². The molecule has 0 atom stereocenters. The van der Waals surface area contributed by atoms with E-state index in [0.29, 0.717) is 0 Å². The second-order valence-corrected chi connectivity index (χ2v) is 1.98. The zero-order valence-corrected chi connectivity index (χ0v) is 10.6. The first-order chi connectivity index (χ1) is 6.72. The molecular weight excluding hydrogens is 170 g/mol. The van der Waals surface area contributed by atoms with E-state index in [1.54, 1.807) is 6.08 Å². The highest BCUT2D eigenvalue weighted by atomic mass is 14.7. The minimum Gasteiger partial charge on any atom is -0.262 e. The van der Waals surface area contributed by atoms with Crippen LogP contribution in [-0.4, -0.2) is 5.71 Å². The van der Waals surface area contributed by atoms with E-state index in [2.05, 4.69) is 18.2 Å². The van der Waals surface area contributed by atoms with Gasteiger partial charge < -0.3 is 0 Å². The molecule has 0 saturated heterocycles. The molecule has 0 aromatic rings. The smallest absolute Gasteiger partial charge is 0.0401 e. The van der Waals surface area contributed by atoms with Crippen LogP contribution in [0.15, 0.2) is 42.1 Å². The molecule has 0 amide bonds. The van der Waals surface area contributed by atoms with E-state index in [4.69, 9.17) is 0 Å². The lowest BCUT2D eigenvalue weighted by Crippen LogP contribution is -1.90. The number of hydrogen-bond acceptors (Lipinski definition) is 1. The Kier molecular flexibility index (Phi) is 23.7. The van der Waals surface area contributed by atoms with E-state index < -0.39 is 0 Å². The minimum absolute atomic E-state index is 0.981. The lowest BCUT2D eigenvalue weighted by Gasteiger charge is -1.94. The van der Waals surface area contributed by atoms with Crippen molar-refractivity contribution in [2.45, 2.75) is 41.5 Å². The highest BCUT2D eigenvalue weighted by molar-refractivity contribution is 5.98. The van der Waals surface area contributed by atoms with Crippen molar-refractivity contribution in [2.24, 2.45) is 4.99 Å². The summed E-state index contributed by atoms with van der Waals surface area (Å²) >= 11 is 0. The van der Waals surface area contributed by atoms with Gasteiger partial charge in [0.2, 0.25) is 0 Å². The normalized spacial score (nSPS) is 10.1. The van der Waals surface area contributed by atoms with Crippen LogP contribution in [0.4, 0.5) is 0 Å². The first kappa shape index (κ1) is 18.6. The topological polar surface area (TPSA) is 12.4 Å². The van der Waals surface area contributed by atoms with Crippen molar-refractivity contribution in [3.8, 4) is 0 Å². The number of hydrogen-bond donors (Lipinski definition) is 0. The standard InChI is InChI=1S/C9H13N.2C2H6/c1-5-7-8(3)9(4)10-6-2;2*1-2/h5-7H,1-2H2,3-4H3;2*1-2H3/b8-7-,10-9?;;. The molecule has 0 radical (unpaired) electrons. The zero-order chi connectivity index (χ0) is 12.0. The van der Waals surface area contributed by atoms with E-state index in [1.807, 2.05) is 47.6 Å². The van der Waals surface area contributed by atoms with Gasteiger partial charge >= 0.3 is 0 Å². The van der Waals surface area contributed by atoms with Crippen molar-refractivity contribution in [3.63, 3.8) is 0 Å². The molecule has 0 bridgehead atoms. The van der Waals surface area contributed by atoms with Crippen molar-refractivity contribution in [3.05, 3.63) is 37.1 Å². The van der Waals surface area contributed by atoms with Gasteiger partial charge in [0, 0.05) is 11.9 Å². The second-order valence-electron chi connectivity index (χ2n) is 1.98. The average Bonchev–Trinajstić information content (AvgIpc) is 2.24. The number of aliphatic imine (C=N–C) groups is 1. The molecule has 1 heteroatoms. The Morgan fingerprint density at radius 2 is 1.43 bits per heavy atom. The maximum Gasteiger partial charge on any atom is 0.0401 e. The third-order valence-corrected chi connectivity index (χ3v) is 1.22. The van der Waals surface area contributed by atoms with Gasteiger partial charge in [-0.05, 0) is 19.4 Å². The van der Waals surface area contributed by atoms with E-state index in [0.717, 1.165) is 11.3 Å². The number of rotatable bonds is 3. The molecule has 0 aliphatic carbocycles. The SMILES string of the molecule is C=C/C=C(/C)C(C)=NC=C.CC.CC. The molecule has 82 valence electrons. The van der Waals surface area contributed by atoms with Crippen LogP contribution in [0.25, 0.3) is 0 Å². The fraction of sp³-hybridized carbons (Fsp3) is 0.462. The Morgan fingerprint density at radius 3 is 1.71 bits per heavy atom. The molecule has 0 aliphatic heterocycles. The first-order valence-electron chi connectivity index (χ1n) is 5.17. The van der Waals surface area contributed by atoms with Gasteiger partial charge in [-0.2, -0.15) is 0 Å². The van der Waals surface area contributed by atoms with E-state index in [-0.39, 0.29) is 0 Å². The third kappa shape index (κ3) is 13.5. The molecular formula is C13H25N. The second kappa shape index (κ2) is 17.8. The van der Waals surface area contributed by atoms with Crippen LogP contribution < -0.4 is 0 Å². The molecule has 0 saturated carbocycles. The fourth-order valence-corrected chi connectivity index (χ4v) is 0.536. The summed E-state index contributed by atoms with van der Waals surface area (Å²) < 4.78 is 0. The quantitative estimate of drug-likeness (QED) is 0.454. The number of nitrogens with zero attached hydrogens (tertiary/aromatic N) is 1. The van der Waals surface area contributed by atoms with Crippen LogP contribution in [0.2, 0.25) is 0 Å². The van der Waals surface area contributed by atoms with Gasteiger partial charge in [0.25, 0.3) is 0 Å². The van der Waals surface area contributed by atoms with E-state index in [9.17, 15) is 0 Å². The van der Waals surface area contributed by atoms with Crippen LogP contribution in [0.1, 0.15) is 41.5 Å². The van der Waals surface area contributed by atoms with Gasteiger partial charge in [0.1, 0.15) is 0 Å². The highest BCUT2D eigenvalue weighted by Crippen LogP contribution is 1.96. The van der Waals surface area contributed by atoms with Gasteiger partial charge in [-0.15, -0.1) is 0 Å². The summed E-state index contributed by atoms with van der Waals surface area (Å²) in [7, 11) is 0. The monoisotopic (exact) mass is 195 g/mol. The van der Waals surface area contributed by atoms with Gasteiger partial charge in [0.15, 0.2) is 0 Å². The van der Waals surface area contributed by atoms with Crippen LogP contribution in [-0.2, 0) is 0 Å². The first-order valence-corrected chi connectivity index (χ1v) is 5.17. The lowest BCUT2D eigenvalue weighted by molar-refractivity contribution is 1.47.